The number of halogens is 4. The van der Waals surface area contributed by atoms with Crippen LogP contribution in [0.15, 0.2) is 30.3 Å². The fourth-order valence-corrected chi connectivity index (χ4v) is 2.29. The maximum absolute atomic E-state index is 13.7. The van der Waals surface area contributed by atoms with Crippen LogP contribution in [0.2, 0.25) is 15.1 Å². The van der Waals surface area contributed by atoms with E-state index in [1.54, 1.807) is 0 Å². The van der Waals surface area contributed by atoms with Gasteiger partial charge in [0.15, 0.2) is 0 Å². The van der Waals surface area contributed by atoms with Crippen LogP contribution >= 0.6 is 34.8 Å². The fourth-order valence-electron chi connectivity index (χ4n) is 1.71. The third-order valence-corrected chi connectivity index (χ3v) is 3.64. The quantitative estimate of drug-likeness (QED) is 0.736. The summed E-state index contributed by atoms with van der Waals surface area (Å²) in [6.07, 6.45) is -1.02. The molecule has 0 saturated heterocycles. The molecule has 0 spiro atoms. The molecular formula is C14H10Cl3FO2. The summed E-state index contributed by atoms with van der Waals surface area (Å²) in [6.45, 7) is 1.45. The fraction of sp³-hybridized carbons (Fsp3) is 0.143. The number of rotatable bonds is 3. The Bertz CT molecular complexity index is 645. The van der Waals surface area contributed by atoms with Gasteiger partial charge in [-0.05, 0) is 25.1 Å². The van der Waals surface area contributed by atoms with Crippen molar-refractivity contribution in [2.24, 2.45) is 0 Å². The third kappa shape index (κ3) is 3.18. The number of hydrogen-bond acceptors (Lipinski definition) is 2. The minimum Gasteiger partial charge on any atom is -0.455 e. The Kier molecular flexibility index (Phi) is 4.76. The van der Waals surface area contributed by atoms with E-state index in [4.69, 9.17) is 39.5 Å². The van der Waals surface area contributed by atoms with E-state index in [-0.39, 0.29) is 27.1 Å². The topological polar surface area (TPSA) is 29.5 Å². The first-order valence-electron chi connectivity index (χ1n) is 5.69. The molecule has 2 rings (SSSR count). The van der Waals surface area contributed by atoms with Crippen molar-refractivity contribution in [1.29, 1.82) is 0 Å². The summed E-state index contributed by atoms with van der Waals surface area (Å²) < 4.78 is 19.3. The lowest BCUT2D eigenvalue weighted by Gasteiger charge is -2.15. The van der Waals surface area contributed by atoms with Crippen LogP contribution in [0.4, 0.5) is 4.39 Å². The highest BCUT2D eigenvalue weighted by molar-refractivity contribution is 6.43. The van der Waals surface area contributed by atoms with Gasteiger partial charge in [0.25, 0.3) is 0 Å². The van der Waals surface area contributed by atoms with E-state index < -0.39 is 11.9 Å². The van der Waals surface area contributed by atoms with Gasteiger partial charge in [-0.15, -0.1) is 0 Å². The molecule has 0 aliphatic rings. The van der Waals surface area contributed by atoms with Gasteiger partial charge < -0.3 is 9.84 Å². The zero-order valence-electron chi connectivity index (χ0n) is 10.3. The van der Waals surface area contributed by atoms with Crippen molar-refractivity contribution in [3.05, 3.63) is 56.8 Å². The molecule has 1 unspecified atom stereocenters. The predicted molar refractivity (Wildman–Crippen MR) is 78.6 cm³/mol. The van der Waals surface area contributed by atoms with E-state index in [0.717, 1.165) is 0 Å². The Labute approximate surface area is 130 Å². The van der Waals surface area contributed by atoms with E-state index in [1.165, 1.54) is 37.3 Å². The lowest BCUT2D eigenvalue weighted by molar-refractivity contribution is 0.190. The second kappa shape index (κ2) is 6.19. The van der Waals surface area contributed by atoms with Gasteiger partial charge in [0, 0.05) is 6.07 Å². The highest BCUT2D eigenvalue weighted by atomic mass is 35.5. The van der Waals surface area contributed by atoms with Crippen molar-refractivity contribution >= 4 is 34.8 Å². The lowest BCUT2D eigenvalue weighted by Crippen LogP contribution is -2.00. The van der Waals surface area contributed by atoms with Crippen LogP contribution in [0, 0.1) is 5.82 Å². The van der Waals surface area contributed by atoms with Crippen molar-refractivity contribution in [2.75, 3.05) is 0 Å². The van der Waals surface area contributed by atoms with Gasteiger partial charge in [-0.2, -0.15) is 0 Å². The molecular weight excluding hydrogens is 326 g/mol. The monoisotopic (exact) mass is 334 g/mol. The first kappa shape index (κ1) is 15.4. The Hall–Kier alpha value is -1.000. The molecule has 2 aromatic carbocycles. The molecule has 0 radical (unpaired) electrons. The standard InChI is InChI=1S/C14H10Cl3FO2/c1-7(19)14-11(18)3-2-4-12(14)20-13-6-9(16)8(15)5-10(13)17/h2-7,19H,1H3. The van der Waals surface area contributed by atoms with Crippen LogP contribution in [0.5, 0.6) is 11.5 Å². The summed E-state index contributed by atoms with van der Waals surface area (Å²) in [7, 11) is 0. The summed E-state index contributed by atoms with van der Waals surface area (Å²) in [5.74, 6) is -0.164. The first-order chi connectivity index (χ1) is 9.40. The summed E-state index contributed by atoms with van der Waals surface area (Å²) in [4.78, 5) is 0. The van der Waals surface area contributed by atoms with E-state index in [9.17, 15) is 9.50 Å². The molecule has 0 fully saturated rings. The Morgan fingerprint density at radius 1 is 1.05 bits per heavy atom. The van der Waals surface area contributed by atoms with Crippen molar-refractivity contribution in [1.82, 2.24) is 0 Å². The van der Waals surface area contributed by atoms with E-state index >= 15 is 0 Å². The summed E-state index contributed by atoms with van der Waals surface area (Å²) in [6, 6.07) is 7.11. The first-order valence-corrected chi connectivity index (χ1v) is 6.82. The van der Waals surface area contributed by atoms with Gasteiger partial charge >= 0.3 is 0 Å². The number of benzene rings is 2. The number of aliphatic hydroxyl groups excluding tert-OH is 1. The van der Waals surface area contributed by atoms with Crippen molar-refractivity contribution in [3.63, 3.8) is 0 Å². The molecule has 0 aliphatic carbocycles. The molecule has 0 bridgehead atoms. The average molecular weight is 336 g/mol. The van der Waals surface area contributed by atoms with Crippen molar-refractivity contribution < 1.29 is 14.2 Å². The summed E-state index contributed by atoms with van der Waals surface area (Å²) in [5.41, 5.74) is 0.0506. The summed E-state index contributed by atoms with van der Waals surface area (Å²) >= 11 is 17.7. The van der Waals surface area contributed by atoms with Gasteiger partial charge in [-0.1, -0.05) is 40.9 Å². The highest BCUT2D eigenvalue weighted by Crippen LogP contribution is 2.38. The molecule has 1 N–H and O–H groups in total. The van der Waals surface area contributed by atoms with Crippen molar-refractivity contribution in [2.45, 2.75) is 13.0 Å². The number of hydrogen-bond donors (Lipinski definition) is 1. The molecule has 0 aliphatic heterocycles. The maximum Gasteiger partial charge on any atom is 0.147 e. The molecule has 2 aromatic rings. The molecule has 1 atom stereocenters. The molecule has 6 heteroatoms. The Morgan fingerprint density at radius 2 is 1.70 bits per heavy atom. The Morgan fingerprint density at radius 3 is 2.35 bits per heavy atom. The maximum atomic E-state index is 13.7. The molecule has 0 aromatic heterocycles. The smallest absolute Gasteiger partial charge is 0.147 e. The minimum atomic E-state index is -1.02. The van der Waals surface area contributed by atoms with Crippen LogP contribution in [0.1, 0.15) is 18.6 Å². The molecule has 0 saturated carbocycles. The molecule has 106 valence electrons. The second-order valence-corrected chi connectivity index (χ2v) is 5.35. The van der Waals surface area contributed by atoms with Crippen LogP contribution in [-0.4, -0.2) is 5.11 Å². The molecule has 0 amide bonds. The van der Waals surface area contributed by atoms with Gasteiger partial charge in [0.2, 0.25) is 0 Å². The lowest BCUT2D eigenvalue weighted by atomic mass is 10.1. The number of ether oxygens (including phenoxy) is 1. The van der Waals surface area contributed by atoms with Gasteiger partial charge in [-0.3, -0.25) is 0 Å². The SMILES string of the molecule is CC(O)c1c(F)cccc1Oc1cc(Cl)c(Cl)cc1Cl. The van der Waals surface area contributed by atoms with Crippen molar-refractivity contribution in [3.8, 4) is 11.5 Å². The largest absolute Gasteiger partial charge is 0.455 e. The molecule has 20 heavy (non-hydrogen) atoms. The Balaban J connectivity index is 2.45. The third-order valence-electron chi connectivity index (χ3n) is 2.63. The van der Waals surface area contributed by atoms with E-state index in [0.29, 0.717) is 5.02 Å². The highest BCUT2D eigenvalue weighted by Gasteiger charge is 2.17. The van der Waals surface area contributed by atoms with Gasteiger partial charge in [0.1, 0.15) is 17.3 Å². The zero-order valence-corrected chi connectivity index (χ0v) is 12.6. The second-order valence-electron chi connectivity index (χ2n) is 4.13. The molecule has 0 heterocycles. The predicted octanol–water partition coefficient (Wildman–Crippen LogP) is 5.63. The average Bonchev–Trinajstić information content (AvgIpc) is 2.35. The van der Waals surface area contributed by atoms with Crippen LogP contribution in [0.25, 0.3) is 0 Å². The van der Waals surface area contributed by atoms with Crippen LogP contribution < -0.4 is 4.74 Å². The van der Waals surface area contributed by atoms with Crippen LogP contribution in [-0.2, 0) is 0 Å². The van der Waals surface area contributed by atoms with E-state index in [2.05, 4.69) is 0 Å². The zero-order chi connectivity index (χ0) is 14.9. The summed E-state index contributed by atoms with van der Waals surface area (Å²) in [5, 5.41) is 10.4. The number of aliphatic hydroxyl groups is 1. The normalized spacial score (nSPS) is 12.3. The van der Waals surface area contributed by atoms with E-state index in [1.807, 2.05) is 0 Å². The van der Waals surface area contributed by atoms with Gasteiger partial charge in [0.05, 0.1) is 26.7 Å². The van der Waals surface area contributed by atoms with Gasteiger partial charge in [-0.25, -0.2) is 4.39 Å². The van der Waals surface area contributed by atoms with Crippen LogP contribution in [0.3, 0.4) is 0 Å². The minimum absolute atomic E-state index is 0.0506. The molecule has 2 nitrogen and oxygen atoms in total.